The second-order valence-electron chi connectivity index (χ2n) is 7.25. The lowest BCUT2D eigenvalue weighted by molar-refractivity contribution is -0.137. The molecule has 1 aliphatic heterocycles. The molecule has 0 saturated carbocycles. The summed E-state index contributed by atoms with van der Waals surface area (Å²) < 4.78 is 92.5. The summed E-state index contributed by atoms with van der Waals surface area (Å²) in [4.78, 5) is 1.71. The van der Waals surface area contributed by atoms with Crippen LogP contribution < -0.4 is 4.90 Å². The van der Waals surface area contributed by atoms with Crippen LogP contribution in [0.2, 0.25) is 0 Å². The highest BCUT2D eigenvalue weighted by molar-refractivity contribution is 7.85. The van der Waals surface area contributed by atoms with Crippen LogP contribution in [0.1, 0.15) is 25.3 Å². The van der Waals surface area contributed by atoms with Gasteiger partial charge in [0, 0.05) is 24.4 Å². The molecule has 0 bridgehead atoms. The van der Waals surface area contributed by atoms with Gasteiger partial charge in [0.15, 0.2) is 0 Å². The second kappa shape index (κ2) is 8.01. The average Bonchev–Trinajstić information content (AvgIpc) is 2.76. The van der Waals surface area contributed by atoms with Gasteiger partial charge >= 0.3 is 6.18 Å². The van der Waals surface area contributed by atoms with E-state index >= 15 is 0 Å². The normalized spacial score (nSPS) is 20.3. The fraction of sp³-hybridized carbons (Fsp3) is 0.400. The van der Waals surface area contributed by atoms with Gasteiger partial charge in [-0.15, -0.1) is 0 Å². The molecule has 2 nitrogen and oxygen atoms in total. The number of benzene rings is 2. The highest BCUT2D eigenvalue weighted by Gasteiger charge is 2.35. The number of anilines is 2. The quantitative estimate of drug-likeness (QED) is 0.537. The fourth-order valence-electron chi connectivity index (χ4n) is 3.31. The fourth-order valence-corrected chi connectivity index (χ4v) is 4.81. The summed E-state index contributed by atoms with van der Waals surface area (Å²) in [7, 11) is -1.65. The van der Waals surface area contributed by atoms with Crippen molar-refractivity contribution < 1.29 is 30.6 Å². The van der Waals surface area contributed by atoms with Crippen molar-refractivity contribution in [3.63, 3.8) is 0 Å². The Hall–Kier alpha value is -2.03. The van der Waals surface area contributed by atoms with E-state index in [1.165, 1.54) is 35.2 Å². The molecule has 0 fully saturated rings. The van der Waals surface area contributed by atoms with Gasteiger partial charge in [0.1, 0.15) is 5.82 Å². The van der Waals surface area contributed by atoms with Crippen LogP contribution in [-0.4, -0.2) is 22.4 Å². The molecule has 0 aliphatic carbocycles. The molecule has 0 saturated heterocycles. The van der Waals surface area contributed by atoms with Crippen LogP contribution in [0.5, 0.6) is 0 Å². The van der Waals surface area contributed by atoms with Crippen molar-refractivity contribution in [2.75, 3.05) is 17.2 Å². The number of fused-ring (bicyclic) bond motifs is 1. The smallest absolute Gasteiger partial charge is 0.340 e. The van der Waals surface area contributed by atoms with Crippen LogP contribution in [0, 0.1) is 11.7 Å². The molecule has 9 heteroatoms. The van der Waals surface area contributed by atoms with Crippen LogP contribution in [0.3, 0.4) is 0 Å². The Kier molecular flexibility index (Phi) is 5.98. The molecule has 0 amide bonds. The predicted octanol–water partition coefficient (Wildman–Crippen LogP) is 6.16. The van der Waals surface area contributed by atoms with Gasteiger partial charge in [-0.3, -0.25) is 4.21 Å². The van der Waals surface area contributed by atoms with Gasteiger partial charge in [-0.25, -0.2) is 13.2 Å². The monoisotopic (exact) mass is 435 g/mol. The summed E-state index contributed by atoms with van der Waals surface area (Å²) in [6.45, 7) is 0.893. The Morgan fingerprint density at radius 3 is 2.31 bits per heavy atom. The molecule has 1 aliphatic rings. The van der Waals surface area contributed by atoms with Gasteiger partial charge in [-0.2, -0.15) is 13.2 Å². The number of rotatable bonds is 4. The minimum atomic E-state index is -4.60. The zero-order valence-electron chi connectivity index (χ0n) is 15.5. The van der Waals surface area contributed by atoms with Gasteiger partial charge in [0.2, 0.25) is 5.92 Å². The summed E-state index contributed by atoms with van der Waals surface area (Å²) in [6.07, 6.45) is -4.95. The molecule has 0 N–H and O–H groups in total. The minimum absolute atomic E-state index is 0.0616. The van der Waals surface area contributed by atoms with Crippen LogP contribution in [0.4, 0.5) is 37.7 Å². The molecule has 0 radical (unpaired) electrons. The number of alkyl halides is 5. The van der Waals surface area contributed by atoms with Crippen molar-refractivity contribution in [2.24, 2.45) is 5.92 Å². The Labute approximate surface area is 167 Å². The van der Waals surface area contributed by atoms with Gasteiger partial charge in [-0.05, 0) is 61.7 Å². The largest absolute Gasteiger partial charge is 0.416 e. The zero-order chi connectivity index (χ0) is 21.4. The Balaban J connectivity index is 2.06. The Bertz CT molecular complexity index is 891. The summed E-state index contributed by atoms with van der Waals surface area (Å²) in [5, 5.41) is 0. The molecule has 29 heavy (non-hydrogen) atoms. The number of hydrogen-bond acceptors (Lipinski definition) is 2. The first kappa shape index (κ1) is 21.7. The first-order valence-corrected chi connectivity index (χ1v) is 10.3. The third kappa shape index (κ3) is 5.32. The van der Waals surface area contributed by atoms with Gasteiger partial charge < -0.3 is 4.90 Å². The molecule has 2 atom stereocenters. The van der Waals surface area contributed by atoms with Crippen LogP contribution in [0.15, 0.2) is 47.4 Å². The van der Waals surface area contributed by atoms with Crippen molar-refractivity contribution in [3.8, 4) is 0 Å². The van der Waals surface area contributed by atoms with Crippen molar-refractivity contribution in [2.45, 2.75) is 36.8 Å². The topological polar surface area (TPSA) is 20.3 Å². The highest BCUT2D eigenvalue weighted by Crippen LogP contribution is 2.40. The number of hydrogen-bond donors (Lipinski definition) is 0. The molecule has 2 unspecified atom stereocenters. The molecule has 0 spiro atoms. The third-order valence-corrected chi connectivity index (χ3v) is 6.39. The maximum Gasteiger partial charge on any atom is 0.416 e. The molecule has 3 rings (SSSR count). The molecule has 0 aromatic heterocycles. The van der Waals surface area contributed by atoms with E-state index in [2.05, 4.69) is 0 Å². The summed E-state index contributed by atoms with van der Waals surface area (Å²) in [5.74, 6) is -3.79. The van der Waals surface area contributed by atoms with Crippen LogP contribution in [-0.2, 0) is 17.0 Å². The first-order valence-electron chi connectivity index (χ1n) is 8.94. The van der Waals surface area contributed by atoms with E-state index in [4.69, 9.17) is 0 Å². The Morgan fingerprint density at radius 1 is 1.07 bits per heavy atom. The van der Waals surface area contributed by atoms with E-state index in [0.29, 0.717) is 5.69 Å². The molecule has 1 heterocycles. The van der Waals surface area contributed by atoms with E-state index in [-0.39, 0.29) is 29.3 Å². The van der Waals surface area contributed by atoms with Crippen molar-refractivity contribution in [1.82, 2.24) is 0 Å². The third-order valence-electron chi connectivity index (χ3n) is 4.78. The van der Waals surface area contributed by atoms with Crippen LogP contribution >= 0.6 is 0 Å². The summed E-state index contributed by atoms with van der Waals surface area (Å²) in [5.41, 5.74) is -0.409. The molecular weight excluding hydrogens is 416 g/mol. The molecule has 2 aromatic rings. The summed E-state index contributed by atoms with van der Waals surface area (Å²) in [6, 6.07) is 8.08. The van der Waals surface area contributed by atoms with E-state index < -0.39 is 46.6 Å². The standard InChI is InChI=1S/C20H19F6NOS/c1-19(22,23)9-8-13-11-27(16-5-3-15(21)4-6-16)17-10-14(20(24,25)26)2-7-18(17)29(28)12-13/h2-7,10,13H,8-9,11-12H2,1H3. The molecule has 158 valence electrons. The maximum absolute atomic E-state index is 13.3. The number of halogens is 6. The molecular formula is C20H19F6NOS. The van der Waals surface area contributed by atoms with E-state index in [0.717, 1.165) is 19.1 Å². The van der Waals surface area contributed by atoms with E-state index in [9.17, 15) is 30.6 Å². The second-order valence-corrected chi connectivity index (χ2v) is 8.72. The van der Waals surface area contributed by atoms with E-state index in [1.807, 2.05) is 0 Å². The van der Waals surface area contributed by atoms with Gasteiger partial charge in [0.25, 0.3) is 0 Å². The highest BCUT2D eigenvalue weighted by atomic mass is 32.2. The van der Waals surface area contributed by atoms with Crippen LogP contribution in [0.25, 0.3) is 0 Å². The van der Waals surface area contributed by atoms with E-state index in [1.54, 1.807) is 0 Å². The maximum atomic E-state index is 13.3. The van der Waals surface area contributed by atoms with Gasteiger partial charge in [0.05, 0.1) is 26.9 Å². The Morgan fingerprint density at radius 2 is 1.72 bits per heavy atom. The molecule has 2 aromatic carbocycles. The minimum Gasteiger partial charge on any atom is -0.340 e. The lowest BCUT2D eigenvalue weighted by atomic mass is 10.0. The summed E-state index contributed by atoms with van der Waals surface area (Å²) >= 11 is 0. The average molecular weight is 435 g/mol. The van der Waals surface area contributed by atoms with Crippen molar-refractivity contribution >= 4 is 22.2 Å². The van der Waals surface area contributed by atoms with Crippen molar-refractivity contribution in [3.05, 3.63) is 53.8 Å². The lowest BCUT2D eigenvalue weighted by Crippen LogP contribution is -2.27. The van der Waals surface area contributed by atoms with Gasteiger partial charge in [-0.1, -0.05) is 0 Å². The lowest BCUT2D eigenvalue weighted by Gasteiger charge is -2.28. The first-order chi connectivity index (χ1) is 13.4. The predicted molar refractivity (Wildman–Crippen MR) is 99.5 cm³/mol. The number of nitrogens with zero attached hydrogens (tertiary/aromatic N) is 1. The van der Waals surface area contributed by atoms with Crippen molar-refractivity contribution in [1.29, 1.82) is 0 Å². The SMILES string of the molecule is CC(F)(F)CCC1CN(c2ccc(F)cc2)c2cc(C(F)(F)F)ccc2S(=O)C1. The zero-order valence-corrected chi connectivity index (χ0v) is 16.3.